The summed E-state index contributed by atoms with van der Waals surface area (Å²) < 4.78 is 0. The average Bonchev–Trinajstić information content (AvgIpc) is 3.40. The van der Waals surface area contributed by atoms with Crippen molar-refractivity contribution in [1.29, 1.82) is 0 Å². The summed E-state index contributed by atoms with van der Waals surface area (Å²) in [6, 6.07) is -6.49. The second-order valence-corrected chi connectivity index (χ2v) is 9.79. The van der Waals surface area contributed by atoms with Crippen LogP contribution in [0.4, 0.5) is 0 Å². The quantitative estimate of drug-likeness (QED) is 0.0770. The number of carboxylic acids is 3. The second kappa shape index (κ2) is 16.8. The minimum Gasteiger partial charge on any atom is -0.481 e. The van der Waals surface area contributed by atoms with E-state index in [1.807, 2.05) is 0 Å². The third-order valence-corrected chi connectivity index (χ3v) is 6.38. The van der Waals surface area contributed by atoms with E-state index in [2.05, 4.69) is 21.3 Å². The number of aliphatic hydroxyl groups excluding tert-OH is 1. The standard InChI is InChI=1S/C24H38N6O12/c1-11(20(37)29-14(24(41)42)6-8-18(35)36)27-16(32)10-26-21(38)13(5-7-17(33)34)28-22(39)15-4-3-9-30(15)23(40)19(25)12(2)31/h11-15,19,31H,3-10,25H2,1-2H3,(H,26,38)(H,27,32)(H,28,39)(H,29,37)(H,33,34)(H,35,36)(H,41,42)/t11-,12+,13-,14-,15-,19-/m0/s1. The van der Waals surface area contributed by atoms with Crippen LogP contribution in [0.25, 0.3) is 0 Å². The summed E-state index contributed by atoms with van der Waals surface area (Å²) in [4.78, 5) is 97.1. The highest BCUT2D eigenvalue weighted by atomic mass is 16.4. The van der Waals surface area contributed by atoms with E-state index in [0.717, 1.165) is 0 Å². The van der Waals surface area contributed by atoms with Gasteiger partial charge in [0.15, 0.2) is 0 Å². The van der Waals surface area contributed by atoms with Crippen molar-refractivity contribution in [1.82, 2.24) is 26.2 Å². The Balaban J connectivity index is 2.77. The van der Waals surface area contributed by atoms with Crippen LogP contribution < -0.4 is 27.0 Å². The maximum atomic E-state index is 13.0. The van der Waals surface area contributed by atoms with E-state index in [1.54, 1.807) is 0 Å². The molecule has 0 saturated carbocycles. The molecule has 0 aromatic carbocycles. The Morgan fingerprint density at radius 1 is 0.857 bits per heavy atom. The van der Waals surface area contributed by atoms with Crippen LogP contribution in [0.3, 0.4) is 0 Å². The third kappa shape index (κ3) is 11.7. The van der Waals surface area contributed by atoms with Gasteiger partial charge < -0.3 is 52.3 Å². The predicted octanol–water partition coefficient (Wildman–Crippen LogP) is -3.91. The van der Waals surface area contributed by atoms with E-state index in [4.69, 9.17) is 21.1 Å². The summed E-state index contributed by atoms with van der Waals surface area (Å²) >= 11 is 0. The zero-order valence-corrected chi connectivity index (χ0v) is 23.2. The maximum absolute atomic E-state index is 13.0. The SMILES string of the molecule is C[C@H](NC(=O)CNC(=O)[C@H](CCC(=O)O)NC(=O)[C@@H]1CCCN1C(=O)[C@@H](N)[C@@H](C)O)C(=O)N[C@@H](CCC(=O)O)C(=O)O. The highest BCUT2D eigenvalue weighted by molar-refractivity contribution is 5.95. The molecule has 0 spiro atoms. The molecule has 1 fully saturated rings. The third-order valence-electron chi connectivity index (χ3n) is 6.38. The number of likely N-dealkylation sites (tertiary alicyclic amines) is 1. The van der Waals surface area contributed by atoms with Crippen molar-refractivity contribution in [3.63, 3.8) is 0 Å². The van der Waals surface area contributed by atoms with Gasteiger partial charge in [0.05, 0.1) is 12.6 Å². The van der Waals surface area contributed by atoms with E-state index in [1.165, 1.54) is 18.7 Å². The van der Waals surface area contributed by atoms with Gasteiger partial charge in [-0.25, -0.2) is 4.79 Å². The van der Waals surface area contributed by atoms with Crippen molar-refractivity contribution in [3.8, 4) is 0 Å². The monoisotopic (exact) mass is 602 g/mol. The summed E-state index contributed by atoms with van der Waals surface area (Å²) in [6.45, 7) is 2.02. The molecule has 0 aliphatic carbocycles. The zero-order valence-electron chi connectivity index (χ0n) is 23.2. The van der Waals surface area contributed by atoms with Crippen molar-refractivity contribution in [3.05, 3.63) is 0 Å². The molecule has 1 rings (SSSR count). The lowest BCUT2D eigenvalue weighted by Gasteiger charge is -2.29. The van der Waals surface area contributed by atoms with Gasteiger partial charge in [0.1, 0.15) is 30.2 Å². The predicted molar refractivity (Wildman–Crippen MR) is 140 cm³/mol. The van der Waals surface area contributed by atoms with Crippen molar-refractivity contribution in [2.75, 3.05) is 13.1 Å². The molecule has 0 unspecified atom stereocenters. The van der Waals surface area contributed by atoms with Gasteiger partial charge >= 0.3 is 17.9 Å². The van der Waals surface area contributed by atoms with Crippen molar-refractivity contribution in [2.45, 2.75) is 88.7 Å². The van der Waals surface area contributed by atoms with Gasteiger partial charge in [-0.1, -0.05) is 0 Å². The number of nitrogens with one attached hydrogen (secondary N) is 4. The molecule has 18 nitrogen and oxygen atoms in total. The summed E-state index contributed by atoms with van der Waals surface area (Å²) in [7, 11) is 0. The molecule has 0 aromatic heterocycles. The average molecular weight is 603 g/mol. The Labute approximate surface area is 240 Å². The molecule has 42 heavy (non-hydrogen) atoms. The first-order valence-electron chi connectivity index (χ1n) is 13.1. The van der Waals surface area contributed by atoms with Crippen molar-refractivity contribution >= 4 is 47.4 Å². The molecule has 6 atom stereocenters. The molecule has 18 heteroatoms. The molecule has 1 aliphatic rings. The zero-order chi connectivity index (χ0) is 32.1. The molecule has 1 heterocycles. The first-order valence-corrected chi connectivity index (χ1v) is 13.1. The summed E-state index contributed by atoms with van der Waals surface area (Å²) in [5.41, 5.74) is 5.70. The lowest BCUT2D eigenvalue weighted by Crippen LogP contribution is -2.57. The molecule has 5 amide bonds. The first-order chi connectivity index (χ1) is 19.5. The highest BCUT2D eigenvalue weighted by Crippen LogP contribution is 2.19. The lowest BCUT2D eigenvalue weighted by atomic mass is 10.1. The van der Waals surface area contributed by atoms with Crippen LogP contribution >= 0.6 is 0 Å². The fourth-order valence-corrected chi connectivity index (χ4v) is 3.98. The van der Waals surface area contributed by atoms with Gasteiger partial charge in [0.2, 0.25) is 29.5 Å². The number of hydrogen-bond donors (Lipinski definition) is 9. The van der Waals surface area contributed by atoms with E-state index < -0.39 is 110 Å². The lowest BCUT2D eigenvalue weighted by molar-refractivity contribution is -0.143. The van der Waals surface area contributed by atoms with Gasteiger partial charge in [-0.05, 0) is 39.5 Å². The number of nitrogens with two attached hydrogens (primary N) is 1. The fourth-order valence-electron chi connectivity index (χ4n) is 3.98. The van der Waals surface area contributed by atoms with Crippen LogP contribution in [0.5, 0.6) is 0 Å². The molecular weight excluding hydrogens is 564 g/mol. The number of carboxylic acid groups (broad SMARTS) is 3. The molecule has 0 bridgehead atoms. The minimum atomic E-state index is -1.51. The van der Waals surface area contributed by atoms with Crippen LogP contribution in [0.1, 0.15) is 52.4 Å². The minimum absolute atomic E-state index is 0.183. The van der Waals surface area contributed by atoms with Gasteiger partial charge in [-0.15, -0.1) is 0 Å². The Morgan fingerprint density at radius 3 is 1.95 bits per heavy atom. The number of carbonyl (C=O) groups excluding carboxylic acids is 5. The fraction of sp³-hybridized carbons (Fsp3) is 0.667. The molecule has 1 saturated heterocycles. The van der Waals surface area contributed by atoms with Crippen LogP contribution in [0.2, 0.25) is 0 Å². The largest absolute Gasteiger partial charge is 0.481 e. The normalized spacial score (nSPS) is 18.0. The topological polar surface area (TPSA) is 295 Å². The summed E-state index contributed by atoms with van der Waals surface area (Å²) in [5, 5.41) is 45.5. The second-order valence-electron chi connectivity index (χ2n) is 9.79. The molecule has 0 radical (unpaired) electrons. The van der Waals surface area contributed by atoms with E-state index >= 15 is 0 Å². The van der Waals surface area contributed by atoms with Gasteiger partial charge in [-0.2, -0.15) is 0 Å². The van der Waals surface area contributed by atoms with E-state index in [9.17, 15) is 43.5 Å². The van der Waals surface area contributed by atoms with Crippen LogP contribution in [-0.2, 0) is 38.4 Å². The van der Waals surface area contributed by atoms with Crippen molar-refractivity contribution in [2.24, 2.45) is 5.73 Å². The van der Waals surface area contributed by atoms with Gasteiger partial charge in [0.25, 0.3) is 0 Å². The molecule has 236 valence electrons. The first kappa shape index (κ1) is 35.7. The molecule has 0 aromatic rings. The maximum Gasteiger partial charge on any atom is 0.326 e. The molecule has 10 N–H and O–H groups in total. The number of aliphatic hydroxyl groups is 1. The number of carbonyl (C=O) groups is 8. The molecule has 1 aliphatic heterocycles. The smallest absolute Gasteiger partial charge is 0.326 e. The van der Waals surface area contributed by atoms with E-state index in [-0.39, 0.29) is 19.4 Å². The molecular formula is C24H38N6O12. The Bertz CT molecular complexity index is 1050. The van der Waals surface area contributed by atoms with Crippen LogP contribution in [0, 0.1) is 0 Å². The van der Waals surface area contributed by atoms with Crippen LogP contribution in [0.15, 0.2) is 0 Å². The Morgan fingerprint density at radius 2 is 1.43 bits per heavy atom. The number of amides is 5. The number of rotatable bonds is 17. The van der Waals surface area contributed by atoms with Crippen LogP contribution in [-0.4, -0.2) is 122 Å². The summed E-state index contributed by atoms with van der Waals surface area (Å²) in [5.74, 6) is -8.15. The summed E-state index contributed by atoms with van der Waals surface area (Å²) in [6.07, 6.45) is -2.28. The van der Waals surface area contributed by atoms with E-state index in [0.29, 0.717) is 6.42 Å². The van der Waals surface area contributed by atoms with Gasteiger partial charge in [0, 0.05) is 19.4 Å². The highest BCUT2D eigenvalue weighted by Gasteiger charge is 2.38. The number of nitrogens with zero attached hydrogens (tertiary/aromatic N) is 1. The number of aliphatic carboxylic acids is 3. The Kier molecular flexibility index (Phi) is 14.3. The van der Waals surface area contributed by atoms with Gasteiger partial charge in [-0.3, -0.25) is 33.6 Å². The number of hydrogen-bond acceptors (Lipinski definition) is 10. The Hall–Kier alpha value is -4.32. The van der Waals surface area contributed by atoms with Crippen molar-refractivity contribution < 1.29 is 58.8 Å².